The summed E-state index contributed by atoms with van der Waals surface area (Å²) in [5.41, 5.74) is 1.66. The first-order valence-corrected chi connectivity index (χ1v) is 12.8. The third-order valence-corrected chi connectivity index (χ3v) is 7.63. The largest absolute Gasteiger partial charge is 0.462 e. The third kappa shape index (κ3) is 5.70. The smallest absolute Gasteiger partial charge is 0.341 e. The molecule has 0 radical (unpaired) electrons. The summed E-state index contributed by atoms with van der Waals surface area (Å²) < 4.78 is 20.2. The van der Waals surface area contributed by atoms with Gasteiger partial charge < -0.3 is 19.9 Å². The summed E-state index contributed by atoms with van der Waals surface area (Å²) in [6.07, 6.45) is 2.70. The number of thiophene rings is 1. The average molecular weight is 518 g/mol. The second-order valence-corrected chi connectivity index (χ2v) is 9.82. The highest BCUT2D eigenvalue weighted by Gasteiger charge is 2.28. The zero-order chi connectivity index (χ0) is 24.9. The maximum atomic E-state index is 13.3. The molecule has 2 amide bonds. The Labute approximate surface area is 209 Å². The van der Waals surface area contributed by atoms with E-state index in [2.05, 4.69) is 20.8 Å². The lowest BCUT2D eigenvalue weighted by Crippen LogP contribution is -2.24. The van der Waals surface area contributed by atoms with Crippen LogP contribution >= 0.6 is 23.1 Å². The zero-order valence-electron chi connectivity index (χ0n) is 19.2. The molecule has 2 heterocycles. The molecule has 0 unspecified atom stereocenters. The first-order valence-electron chi connectivity index (χ1n) is 11.0. The Morgan fingerprint density at radius 1 is 1.26 bits per heavy atom. The summed E-state index contributed by atoms with van der Waals surface area (Å²) in [6.45, 7) is 2.11. The molecule has 0 saturated heterocycles. The van der Waals surface area contributed by atoms with Crippen LogP contribution in [0.4, 0.5) is 9.39 Å². The molecule has 4 rings (SSSR count). The highest BCUT2D eigenvalue weighted by molar-refractivity contribution is 7.99. The van der Waals surface area contributed by atoms with Crippen molar-refractivity contribution in [2.45, 2.75) is 37.9 Å². The molecule has 184 valence electrons. The van der Waals surface area contributed by atoms with Gasteiger partial charge in [0.2, 0.25) is 5.91 Å². The number of rotatable bonds is 9. The predicted octanol–water partition coefficient (Wildman–Crippen LogP) is 3.34. The lowest BCUT2D eigenvalue weighted by atomic mass is 10.1. The average Bonchev–Trinajstić information content (AvgIpc) is 3.51. The Morgan fingerprint density at radius 2 is 2.09 bits per heavy atom. The van der Waals surface area contributed by atoms with Crippen LogP contribution in [0, 0.1) is 5.82 Å². The van der Waals surface area contributed by atoms with Gasteiger partial charge >= 0.3 is 5.97 Å². The van der Waals surface area contributed by atoms with Crippen LogP contribution < -0.4 is 10.6 Å². The van der Waals surface area contributed by atoms with Crippen LogP contribution in [0.5, 0.6) is 0 Å². The monoisotopic (exact) mass is 517 g/mol. The molecule has 0 bridgehead atoms. The highest BCUT2D eigenvalue weighted by Crippen LogP contribution is 2.39. The fourth-order valence-corrected chi connectivity index (χ4v) is 5.74. The fraction of sp³-hybridized carbons (Fsp3) is 0.348. The maximum absolute atomic E-state index is 13.3. The van der Waals surface area contributed by atoms with Gasteiger partial charge in [-0.15, -0.1) is 21.5 Å². The Kier molecular flexibility index (Phi) is 7.81. The second-order valence-electron chi connectivity index (χ2n) is 7.77. The number of carbonyl (C=O) groups excluding carboxylic acids is 3. The summed E-state index contributed by atoms with van der Waals surface area (Å²) in [5, 5.41) is 14.7. The van der Waals surface area contributed by atoms with E-state index in [0.717, 1.165) is 35.8 Å². The molecule has 1 aliphatic rings. The number of hydrogen-bond donors (Lipinski definition) is 2. The van der Waals surface area contributed by atoms with E-state index in [1.807, 2.05) is 0 Å². The number of thioether (sulfide) groups is 1. The minimum Gasteiger partial charge on any atom is -0.462 e. The van der Waals surface area contributed by atoms with Gasteiger partial charge in [0.1, 0.15) is 10.8 Å². The molecule has 0 aliphatic heterocycles. The molecule has 9 nitrogen and oxygen atoms in total. The zero-order valence-corrected chi connectivity index (χ0v) is 20.9. The number of nitrogens with one attached hydrogen (secondary N) is 2. The second kappa shape index (κ2) is 11.0. The van der Waals surface area contributed by atoms with Crippen molar-refractivity contribution in [2.75, 3.05) is 17.7 Å². The highest BCUT2D eigenvalue weighted by atomic mass is 32.2. The number of anilines is 1. The minimum absolute atomic E-state index is 0.0620. The number of hydrogen-bond acceptors (Lipinski definition) is 8. The number of ether oxygens (including phenoxy) is 1. The van der Waals surface area contributed by atoms with Crippen molar-refractivity contribution in [2.24, 2.45) is 7.05 Å². The summed E-state index contributed by atoms with van der Waals surface area (Å²) in [4.78, 5) is 38.4. The molecule has 2 N–H and O–H groups in total. The van der Waals surface area contributed by atoms with E-state index >= 15 is 0 Å². The topological polar surface area (TPSA) is 115 Å². The molecule has 0 saturated carbocycles. The Bertz CT molecular complexity index is 1270. The predicted molar refractivity (Wildman–Crippen MR) is 130 cm³/mol. The normalized spacial score (nSPS) is 12.3. The van der Waals surface area contributed by atoms with Crippen LogP contribution in [0.3, 0.4) is 0 Å². The van der Waals surface area contributed by atoms with Gasteiger partial charge in [-0.3, -0.25) is 9.59 Å². The van der Waals surface area contributed by atoms with Gasteiger partial charge in [0.05, 0.1) is 24.5 Å². The van der Waals surface area contributed by atoms with Crippen LogP contribution in [0.15, 0.2) is 29.4 Å². The van der Waals surface area contributed by atoms with Gasteiger partial charge in [0, 0.05) is 17.5 Å². The van der Waals surface area contributed by atoms with E-state index in [1.54, 1.807) is 18.5 Å². The van der Waals surface area contributed by atoms with Gasteiger partial charge in [-0.25, -0.2) is 9.18 Å². The number of aryl methyl sites for hydroxylation is 1. The molecule has 12 heteroatoms. The minimum atomic E-state index is -0.491. The van der Waals surface area contributed by atoms with Crippen LogP contribution in [-0.2, 0) is 36.0 Å². The molecule has 0 atom stereocenters. The van der Waals surface area contributed by atoms with Crippen molar-refractivity contribution in [1.29, 1.82) is 0 Å². The number of benzene rings is 1. The van der Waals surface area contributed by atoms with Crippen LogP contribution in [0.1, 0.15) is 50.3 Å². The first-order chi connectivity index (χ1) is 16.9. The molecule has 0 fully saturated rings. The van der Waals surface area contributed by atoms with E-state index in [4.69, 9.17) is 4.74 Å². The van der Waals surface area contributed by atoms with Gasteiger partial charge in [-0.2, -0.15) is 0 Å². The standard InChI is InChI=1S/C23H24FN5O4S2/c1-3-33-22(32)19-15-8-5-9-16(15)35-21(19)26-18(30)12-34-23-28-27-17(29(23)2)11-25-20(31)13-6-4-7-14(24)10-13/h4,6-7,10H,3,5,8-9,11-12H2,1-2H3,(H,25,31)(H,26,30). The van der Waals surface area contributed by atoms with E-state index in [1.165, 1.54) is 41.3 Å². The summed E-state index contributed by atoms with van der Waals surface area (Å²) in [6, 6.07) is 5.40. The van der Waals surface area contributed by atoms with Gasteiger partial charge in [-0.05, 0) is 49.9 Å². The third-order valence-electron chi connectivity index (χ3n) is 5.41. The molecule has 35 heavy (non-hydrogen) atoms. The first kappa shape index (κ1) is 24.9. The Hall–Kier alpha value is -3.25. The quantitative estimate of drug-likeness (QED) is 0.330. The van der Waals surface area contributed by atoms with Crippen LogP contribution in [-0.4, -0.2) is 44.9 Å². The number of fused-ring (bicyclic) bond motifs is 1. The van der Waals surface area contributed by atoms with Gasteiger partial charge in [-0.1, -0.05) is 17.8 Å². The van der Waals surface area contributed by atoms with Crippen molar-refractivity contribution < 1.29 is 23.5 Å². The van der Waals surface area contributed by atoms with E-state index in [-0.39, 0.29) is 30.4 Å². The maximum Gasteiger partial charge on any atom is 0.341 e. The molecule has 0 spiro atoms. The lowest BCUT2D eigenvalue weighted by molar-refractivity contribution is -0.113. The number of amides is 2. The fourth-order valence-electron chi connectivity index (χ4n) is 3.72. The van der Waals surface area contributed by atoms with E-state index in [0.29, 0.717) is 21.5 Å². The van der Waals surface area contributed by atoms with Crippen LogP contribution in [0.2, 0.25) is 0 Å². The summed E-state index contributed by atoms with van der Waals surface area (Å²) in [5.74, 6) is -1.06. The number of halogens is 1. The van der Waals surface area contributed by atoms with Gasteiger partial charge in [0.15, 0.2) is 11.0 Å². The van der Waals surface area contributed by atoms with Crippen molar-refractivity contribution in [3.63, 3.8) is 0 Å². The molecule has 3 aromatic rings. The molecular weight excluding hydrogens is 493 g/mol. The SMILES string of the molecule is CCOC(=O)c1c(NC(=O)CSc2nnc(CNC(=O)c3cccc(F)c3)n2C)sc2c1CCC2. The van der Waals surface area contributed by atoms with Crippen molar-refractivity contribution in [3.05, 3.63) is 57.5 Å². The summed E-state index contributed by atoms with van der Waals surface area (Å²) in [7, 11) is 1.73. The van der Waals surface area contributed by atoms with Crippen molar-refractivity contribution in [1.82, 2.24) is 20.1 Å². The van der Waals surface area contributed by atoms with Gasteiger partial charge in [0.25, 0.3) is 5.91 Å². The number of nitrogens with zero attached hydrogens (tertiary/aromatic N) is 3. The number of aromatic nitrogens is 3. The molecule has 1 aliphatic carbocycles. The van der Waals surface area contributed by atoms with Crippen molar-refractivity contribution >= 4 is 45.9 Å². The lowest BCUT2D eigenvalue weighted by Gasteiger charge is -2.08. The van der Waals surface area contributed by atoms with Crippen molar-refractivity contribution in [3.8, 4) is 0 Å². The Morgan fingerprint density at radius 3 is 2.86 bits per heavy atom. The molecule has 1 aromatic carbocycles. The van der Waals surface area contributed by atoms with Crippen LogP contribution in [0.25, 0.3) is 0 Å². The molecular formula is C23H24FN5O4S2. The Balaban J connectivity index is 1.34. The van der Waals surface area contributed by atoms with E-state index < -0.39 is 17.7 Å². The number of carbonyl (C=O) groups is 3. The summed E-state index contributed by atoms with van der Waals surface area (Å²) >= 11 is 2.62. The number of esters is 1. The molecule has 2 aromatic heterocycles. The van der Waals surface area contributed by atoms with E-state index in [9.17, 15) is 18.8 Å².